The molecule has 0 amide bonds. The zero-order valence-corrected chi connectivity index (χ0v) is 11.5. The Hall–Kier alpha value is -0.970. The molecule has 5 heteroatoms. The summed E-state index contributed by atoms with van der Waals surface area (Å²) >= 11 is 1.97. The second-order valence-corrected chi connectivity index (χ2v) is 5.81. The summed E-state index contributed by atoms with van der Waals surface area (Å²) in [5.41, 5.74) is 1.09. The maximum Gasteiger partial charge on any atom is 0.134 e. The van der Waals surface area contributed by atoms with Crippen LogP contribution in [0.25, 0.3) is 0 Å². The summed E-state index contributed by atoms with van der Waals surface area (Å²) in [4.78, 5) is 8.50. The average molecular weight is 252 g/mol. The number of aromatic nitrogens is 2. The molecule has 1 aromatic rings. The van der Waals surface area contributed by atoms with Crippen LogP contribution in [0, 0.1) is 6.92 Å². The number of nitrogens with one attached hydrogen (secondary N) is 2. The second-order valence-electron chi connectivity index (χ2n) is 4.54. The largest absolute Gasteiger partial charge is 0.373 e. The molecule has 1 fully saturated rings. The van der Waals surface area contributed by atoms with Gasteiger partial charge in [0.25, 0.3) is 0 Å². The first kappa shape index (κ1) is 12.5. The minimum atomic E-state index is 0.428. The van der Waals surface area contributed by atoms with E-state index in [-0.39, 0.29) is 0 Å². The van der Waals surface area contributed by atoms with Gasteiger partial charge in [0.2, 0.25) is 0 Å². The molecule has 4 nitrogen and oxygen atoms in total. The standard InChI is InChI=1S/C12H20N4S/c1-9-10(13-2)15-8-16-11(9)14-7-12(17-3)5-4-6-12/h8H,4-7H2,1-3H3,(H2,13,14,15,16). The molecule has 1 heterocycles. The minimum Gasteiger partial charge on any atom is -0.373 e. The minimum absolute atomic E-state index is 0.428. The van der Waals surface area contributed by atoms with E-state index < -0.39 is 0 Å². The van der Waals surface area contributed by atoms with Gasteiger partial charge in [-0.05, 0) is 26.0 Å². The van der Waals surface area contributed by atoms with Gasteiger partial charge < -0.3 is 10.6 Å². The van der Waals surface area contributed by atoms with Gasteiger partial charge in [-0.2, -0.15) is 11.8 Å². The first-order valence-corrected chi connectivity index (χ1v) is 7.21. The van der Waals surface area contributed by atoms with Crippen LogP contribution in [0.4, 0.5) is 11.6 Å². The fraction of sp³-hybridized carbons (Fsp3) is 0.667. The fourth-order valence-corrected chi connectivity index (χ4v) is 3.06. The van der Waals surface area contributed by atoms with Gasteiger partial charge in [0.1, 0.15) is 18.0 Å². The van der Waals surface area contributed by atoms with Crippen molar-refractivity contribution in [3.8, 4) is 0 Å². The van der Waals surface area contributed by atoms with Crippen LogP contribution < -0.4 is 10.6 Å². The smallest absolute Gasteiger partial charge is 0.134 e. The van der Waals surface area contributed by atoms with Crippen molar-refractivity contribution in [3.05, 3.63) is 11.9 Å². The van der Waals surface area contributed by atoms with Gasteiger partial charge in [-0.3, -0.25) is 0 Å². The molecule has 0 atom stereocenters. The van der Waals surface area contributed by atoms with E-state index in [1.807, 2.05) is 25.7 Å². The van der Waals surface area contributed by atoms with E-state index >= 15 is 0 Å². The van der Waals surface area contributed by atoms with Crippen LogP contribution in [0.5, 0.6) is 0 Å². The molecule has 2 rings (SSSR count). The third-order valence-electron chi connectivity index (χ3n) is 3.60. The van der Waals surface area contributed by atoms with Crippen molar-refractivity contribution in [2.75, 3.05) is 30.5 Å². The third kappa shape index (κ3) is 2.49. The molecular weight excluding hydrogens is 232 g/mol. The average Bonchev–Trinajstić information content (AvgIpc) is 2.30. The normalized spacial score (nSPS) is 17.4. The molecule has 1 aliphatic rings. The highest BCUT2D eigenvalue weighted by atomic mass is 32.2. The highest BCUT2D eigenvalue weighted by Gasteiger charge is 2.35. The van der Waals surface area contributed by atoms with Crippen LogP contribution in [-0.2, 0) is 0 Å². The number of anilines is 2. The maximum absolute atomic E-state index is 4.31. The monoisotopic (exact) mass is 252 g/mol. The second kappa shape index (κ2) is 5.12. The number of nitrogens with zero attached hydrogens (tertiary/aromatic N) is 2. The van der Waals surface area contributed by atoms with Crippen molar-refractivity contribution in [1.29, 1.82) is 0 Å². The summed E-state index contributed by atoms with van der Waals surface area (Å²) in [5, 5.41) is 6.55. The van der Waals surface area contributed by atoms with Gasteiger partial charge >= 0.3 is 0 Å². The predicted octanol–water partition coefficient (Wildman–Crippen LogP) is 2.52. The van der Waals surface area contributed by atoms with Crippen LogP contribution in [-0.4, -0.2) is 34.6 Å². The first-order valence-electron chi connectivity index (χ1n) is 5.99. The Labute approximate surface area is 107 Å². The molecule has 1 aliphatic carbocycles. The van der Waals surface area contributed by atoms with Gasteiger partial charge in [0.05, 0.1) is 0 Å². The van der Waals surface area contributed by atoms with E-state index in [0.717, 1.165) is 23.7 Å². The highest BCUT2D eigenvalue weighted by molar-refractivity contribution is 8.00. The quantitative estimate of drug-likeness (QED) is 0.843. The Morgan fingerprint density at radius 1 is 1.35 bits per heavy atom. The Balaban J connectivity index is 2.04. The van der Waals surface area contributed by atoms with E-state index in [4.69, 9.17) is 0 Å². The molecule has 17 heavy (non-hydrogen) atoms. The molecule has 0 bridgehead atoms. The lowest BCUT2D eigenvalue weighted by molar-refractivity contribution is 0.379. The van der Waals surface area contributed by atoms with Crippen LogP contribution >= 0.6 is 11.8 Å². The molecular formula is C12H20N4S. The lowest BCUT2D eigenvalue weighted by atomic mass is 9.84. The number of hydrogen-bond donors (Lipinski definition) is 2. The van der Waals surface area contributed by atoms with Crippen LogP contribution in [0.3, 0.4) is 0 Å². The maximum atomic E-state index is 4.31. The van der Waals surface area contributed by atoms with E-state index in [1.165, 1.54) is 19.3 Å². The van der Waals surface area contributed by atoms with Crippen molar-refractivity contribution in [2.45, 2.75) is 30.9 Å². The number of rotatable bonds is 5. The molecule has 0 unspecified atom stereocenters. The fourth-order valence-electron chi connectivity index (χ4n) is 2.15. The van der Waals surface area contributed by atoms with Crippen molar-refractivity contribution in [1.82, 2.24) is 9.97 Å². The van der Waals surface area contributed by atoms with Crippen molar-refractivity contribution >= 4 is 23.4 Å². The summed E-state index contributed by atoms with van der Waals surface area (Å²) in [6, 6.07) is 0. The summed E-state index contributed by atoms with van der Waals surface area (Å²) in [6.07, 6.45) is 7.78. The summed E-state index contributed by atoms with van der Waals surface area (Å²) in [7, 11) is 1.88. The van der Waals surface area contributed by atoms with Gasteiger partial charge in [0, 0.05) is 23.9 Å². The zero-order chi connectivity index (χ0) is 12.3. The molecule has 0 radical (unpaired) electrons. The SMILES string of the molecule is CNc1ncnc(NCC2(SC)CCC2)c1C. The lowest BCUT2D eigenvalue weighted by Gasteiger charge is -2.40. The van der Waals surface area contributed by atoms with Crippen molar-refractivity contribution < 1.29 is 0 Å². The van der Waals surface area contributed by atoms with Gasteiger partial charge in [0.15, 0.2) is 0 Å². The summed E-state index contributed by atoms with van der Waals surface area (Å²) < 4.78 is 0.428. The van der Waals surface area contributed by atoms with Gasteiger partial charge in [-0.15, -0.1) is 0 Å². The van der Waals surface area contributed by atoms with E-state index in [1.54, 1.807) is 6.33 Å². The van der Waals surface area contributed by atoms with E-state index in [9.17, 15) is 0 Å². The third-order valence-corrected chi connectivity index (χ3v) is 5.02. The summed E-state index contributed by atoms with van der Waals surface area (Å²) in [6.45, 7) is 3.04. The topological polar surface area (TPSA) is 49.8 Å². The molecule has 1 aromatic heterocycles. The number of thioether (sulfide) groups is 1. The van der Waals surface area contributed by atoms with Crippen LogP contribution in [0.2, 0.25) is 0 Å². The van der Waals surface area contributed by atoms with Crippen LogP contribution in [0.1, 0.15) is 24.8 Å². The molecule has 0 aromatic carbocycles. The molecule has 0 saturated heterocycles. The zero-order valence-electron chi connectivity index (χ0n) is 10.7. The molecule has 0 spiro atoms. The lowest BCUT2D eigenvalue weighted by Crippen LogP contribution is -2.40. The molecule has 94 valence electrons. The molecule has 0 aliphatic heterocycles. The molecule has 2 N–H and O–H groups in total. The van der Waals surface area contributed by atoms with Gasteiger partial charge in [-0.1, -0.05) is 6.42 Å². The van der Waals surface area contributed by atoms with Crippen molar-refractivity contribution in [2.24, 2.45) is 0 Å². The summed E-state index contributed by atoms with van der Waals surface area (Å²) in [5.74, 6) is 1.85. The number of hydrogen-bond acceptors (Lipinski definition) is 5. The molecule has 1 saturated carbocycles. The van der Waals surface area contributed by atoms with Crippen LogP contribution in [0.15, 0.2) is 6.33 Å². The Kier molecular flexibility index (Phi) is 3.76. The highest BCUT2D eigenvalue weighted by Crippen LogP contribution is 2.42. The van der Waals surface area contributed by atoms with E-state index in [0.29, 0.717) is 4.75 Å². The predicted molar refractivity (Wildman–Crippen MR) is 74.9 cm³/mol. The first-order chi connectivity index (χ1) is 8.21. The van der Waals surface area contributed by atoms with E-state index in [2.05, 4.69) is 26.9 Å². The van der Waals surface area contributed by atoms with Gasteiger partial charge in [-0.25, -0.2) is 9.97 Å². The Bertz CT molecular complexity index is 385. The Morgan fingerprint density at radius 3 is 2.59 bits per heavy atom. The van der Waals surface area contributed by atoms with Crippen molar-refractivity contribution in [3.63, 3.8) is 0 Å². The Morgan fingerprint density at radius 2 is 2.06 bits per heavy atom.